The number of benzene rings is 2. The van der Waals surface area contributed by atoms with Crippen LogP contribution in [0.3, 0.4) is 0 Å². The van der Waals surface area contributed by atoms with E-state index in [1.807, 2.05) is 44.3 Å². The molecule has 0 aliphatic rings. The smallest absolute Gasteiger partial charge is 0.127 e. The number of hydrogen-bond donors (Lipinski definition) is 1. The van der Waals surface area contributed by atoms with Crippen molar-refractivity contribution >= 4 is 5.69 Å². The summed E-state index contributed by atoms with van der Waals surface area (Å²) in [5.74, 6) is 0.605. The molecule has 112 valence electrons. The highest BCUT2D eigenvalue weighted by Crippen LogP contribution is 2.27. The van der Waals surface area contributed by atoms with Gasteiger partial charge in [-0.1, -0.05) is 18.2 Å². The van der Waals surface area contributed by atoms with Crippen molar-refractivity contribution in [3.63, 3.8) is 0 Å². The van der Waals surface area contributed by atoms with E-state index in [1.165, 1.54) is 6.07 Å². The van der Waals surface area contributed by atoms with E-state index >= 15 is 0 Å². The summed E-state index contributed by atoms with van der Waals surface area (Å²) in [6, 6.07) is 12.4. The first-order valence-electron chi connectivity index (χ1n) is 6.90. The molecule has 0 aromatic heterocycles. The summed E-state index contributed by atoms with van der Waals surface area (Å²) in [6.07, 6.45) is 0. The molecule has 4 heteroatoms. The molecular weight excluding hydrogens is 267 g/mol. The molecular formula is C17H21FN2O. The average molecular weight is 288 g/mol. The van der Waals surface area contributed by atoms with Gasteiger partial charge in [-0.05, 0) is 38.2 Å². The Balaban J connectivity index is 2.20. The number of halogens is 1. The monoisotopic (exact) mass is 288 g/mol. The number of ether oxygens (including phenoxy) is 1. The topological polar surface area (TPSA) is 38.5 Å². The summed E-state index contributed by atoms with van der Waals surface area (Å²) < 4.78 is 19.2. The molecule has 21 heavy (non-hydrogen) atoms. The highest BCUT2D eigenvalue weighted by Gasteiger charge is 2.17. The first kappa shape index (κ1) is 15.3. The number of rotatable bonds is 5. The summed E-state index contributed by atoms with van der Waals surface area (Å²) in [6.45, 7) is 2.61. The Labute approximate surface area is 125 Å². The van der Waals surface area contributed by atoms with Crippen LogP contribution in [-0.2, 0) is 6.54 Å². The first-order chi connectivity index (χ1) is 10.0. The highest BCUT2D eigenvalue weighted by molar-refractivity contribution is 5.47. The first-order valence-corrected chi connectivity index (χ1v) is 6.90. The fraction of sp³-hybridized carbons (Fsp3) is 0.294. The van der Waals surface area contributed by atoms with E-state index in [4.69, 9.17) is 10.5 Å². The van der Waals surface area contributed by atoms with E-state index < -0.39 is 0 Å². The molecule has 0 fully saturated rings. The van der Waals surface area contributed by atoms with Crippen LogP contribution >= 0.6 is 0 Å². The van der Waals surface area contributed by atoms with Crippen LogP contribution in [0.4, 0.5) is 10.1 Å². The Hall–Kier alpha value is -2.07. The van der Waals surface area contributed by atoms with Crippen LogP contribution in [0.15, 0.2) is 42.5 Å². The Morgan fingerprint density at radius 1 is 1.24 bits per heavy atom. The van der Waals surface area contributed by atoms with Crippen LogP contribution in [0.2, 0.25) is 0 Å². The van der Waals surface area contributed by atoms with Crippen molar-refractivity contribution in [2.75, 3.05) is 19.9 Å². The molecule has 0 bridgehead atoms. The van der Waals surface area contributed by atoms with Gasteiger partial charge in [0.05, 0.1) is 7.11 Å². The minimum absolute atomic E-state index is 0.0441. The van der Waals surface area contributed by atoms with E-state index in [9.17, 15) is 4.39 Å². The number of anilines is 1. The molecule has 0 heterocycles. The molecule has 2 aromatic carbocycles. The average Bonchev–Trinajstić information content (AvgIpc) is 2.47. The fourth-order valence-corrected chi connectivity index (χ4v) is 2.38. The molecule has 0 aliphatic heterocycles. The zero-order valence-corrected chi connectivity index (χ0v) is 12.6. The van der Waals surface area contributed by atoms with Gasteiger partial charge in [-0.2, -0.15) is 0 Å². The Kier molecular flexibility index (Phi) is 4.81. The Morgan fingerprint density at radius 3 is 2.62 bits per heavy atom. The predicted molar refractivity (Wildman–Crippen MR) is 83.7 cm³/mol. The van der Waals surface area contributed by atoms with Gasteiger partial charge in [0.1, 0.15) is 11.6 Å². The van der Waals surface area contributed by atoms with Gasteiger partial charge in [0.15, 0.2) is 0 Å². The van der Waals surface area contributed by atoms with Gasteiger partial charge in [0, 0.05) is 29.4 Å². The van der Waals surface area contributed by atoms with Crippen LogP contribution in [-0.4, -0.2) is 19.1 Å². The van der Waals surface area contributed by atoms with Crippen molar-refractivity contribution in [3.05, 3.63) is 59.4 Å². The maximum atomic E-state index is 13.9. The lowest BCUT2D eigenvalue weighted by atomic mass is 10.1. The SMILES string of the molecule is COc1ccc(N)cc1CN(C)C(C)c1ccccc1F. The lowest BCUT2D eigenvalue weighted by molar-refractivity contribution is 0.244. The van der Waals surface area contributed by atoms with Crippen molar-refractivity contribution < 1.29 is 9.13 Å². The van der Waals surface area contributed by atoms with Crippen LogP contribution in [0.1, 0.15) is 24.1 Å². The lowest BCUT2D eigenvalue weighted by Gasteiger charge is -2.26. The maximum absolute atomic E-state index is 13.9. The van der Waals surface area contributed by atoms with Crippen LogP contribution in [0.25, 0.3) is 0 Å². The van der Waals surface area contributed by atoms with E-state index in [2.05, 4.69) is 4.90 Å². The van der Waals surface area contributed by atoms with Crippen LogP contribution < -0.4 is 10.5 Å². The summed E-state index contributed by atoms with van der Waals surface area (Å²) in [5, 5.41) is 0. The third kappa shape index (κ3) is 3.52. The minimum Gasteiger partial charge on any atom is -0.496 e. The summed E-state index contributed by atoms with van der Waals surface area (Å²) in [5.41, 5.74) is 8.20. The molecule has 0 saturated carbocycles. The van der Waals surface area contributed by atoms with Gasteiger partial charge in [0.2, 0.25) is 0 Å². The number of hydrogen-bond acceptors (Lipinski definition) is 3. The molecule has 0 aliphatic carbocycles. The molecule has 0 saturated heterocycles. The van der Waals surface area contributed by atoms with Crippen molar-refractivity contribution in [3.8, 4) is 5.75 Å². The van der Waals surface area contributed by atoms with Gasteiger partial charge in [-0.3, -0.25) is 4.90 Å². The second kappa shape index (κ2) is 6.59. The lowest BCUT2D eigenvalue weighted by Crippen LogP contribution is -2.23. The third-order valence-corrected chi connectivity index (χ3v) is 3.74. The molecule has 1 atom stereocenters. The van der Waals surface area contributed by atoms with E-state index in [-0.39, 0.29) is 11.9 Å². The van der Waals surface area contributed by atoms with Crippen LogP contribution in [0, 0.1) is 5.82 Å². The number of nitrogens with zero attached hydrogens (tertiary/aromatic N) is 1. The van der Waals surface area contributed by atoms with Gasteiger partial charge in [-0.15, -0.1) is 0 Å². The van der Waals surface area contributed by atoms with Crippen molar-refractivity contribution in [2.45, 2.75) is 19.5 Å². The van der Waals surface area contributed by atoms with E-state index in [0.29, 0.717) is 17.8 Å². The van der Waals surface area contributed by atoms with Gasteiger partial charge >= 0.3 is 0 Å². The molecule has 3 nitrogen and oxygen atoms in total. The summed E-state index contributed by atoms with van der Waals surface area (Å²) in [4.78, 5) is 2.07. The molecule has 0 amide bonds. The van der Waals surface area contributed by atoms with Gasteiger partial charge < -0.3 is 10.5 Å². The van der Waals surface area contributed by atoms with Crippen LogP contribution in [0.5, 0.6) is 5.75 Å². The van der Waals surface area contributed by atoms with Crippen molar-refractivity contribution in [1.29, 1.82) is 0 Å². The zero-order chi connectivity index (χ0) is 15.4. The van der Waals surface area contributed by atoms with E-state index in [1.54, 1.807) is 13.2 Å². The Morgan fingerprint density at radius 2 is 1.95 bits per heavy atom. The van der Waals surface area contributed by atoms with Crippen molar-refractivity contribution in [2.24, 2.45) is 0 Å². The maximum Gasteiger partial charge on any atom is 0.127 e. The molecule has 0 spiro atoms. The third-order valence-electron chi connectivity index (χ3n) is 3.74. The second-order valence-corrected chi connectivity index (χ2v) is 5.18. The van der Waals surface area contributed by atoms with Crippen molar-refractivity contribution in [1.82, 2.24) is 4.90 Å². The molecule has 2 rings (SSSR count). The molecule has 1 unspecified atom stereocenters. The fourth-order valence-electron chi connectivity index (χ4n) is 2.38. The van der Waals surface area contributed by atoms with Gasteiger partial charge in [-0.25, -0.2) is 4.39 Å². The largest absolute Gasteiger partial charge is 0.496 e. The quantitative estimate of drug-likeness (QED) is 0.854. The second-order valence-electron chi connectivity index (χ2n) is 5.18. The van der Waals surface area contributed by atoms with E-state index in [0.717, 1.165) is 11.3 Å². The predicted octanol–water partition coefficient (Wildman–Crippen LogP) is 3.61. The summed E-state index contributed by atoms with van der Waals surface area (Å²) in [7, 11) is 3.59. The highest BCUT2D eigenvalue weighted by atomic mass is 19.1. The molecule has 2 N–H and O–H groups in total. The number of methoxy groups -OCH3 is 1. The Bertz CT molecular complexity index is 615. The number of nitrogen functional groups attached to an aromatic ring is 1. The summed E-state index contributed by atoms with van der Waals surface area (Å²) >= 11 is 0. The standard InChI is InChI=1S/C17H21FN2O/c1-12(15-6-4-5-7-16(15)18)20(2)11-13-10-14(19)8-9-17(13)21-3/h4-10,12H,11,19H2,1-3H3. The number of nitrogens with two attached hydrogens (primary N) is 1. The zero-order valence-electron chi connectivity index (χ0n) is 12.6. The molecule has 0 radical (unpaired) electrons. The minimum atomic E-state index is -0.184. The van der Waals surface area contributed by atoms with Gasteiger partial charge in [0.25, 0.3) is 0 Å². The molecule has 2 aromatic rings. The normalized spacial score (nSPS) is 12.4.